The first-order chi connectivity index (χ1) is 11.2. The highest BCUT2D eigenvalue weighted by Gasteiger charge is 2.19. The van der Waals surface area contributed by atoms with Gasteiger partial charge in [-0.3, -0.25) is 4.90 Å². The zero-order valence-electron chi connectivity index (χ0n) is 12.8. The molecule has 1 aliphatic rings. The fraction of sp³-hybridized carbons (Fsp3) is 0.400. The Balaban J connectivity index is 1.42. The highest BCUT2D eigenvalue weighted by atomic mass is 35.5. The van der Waals surface area contributed by atoms with Crippen LogP contribution in [0.1, 0.15) is 10.7 Å². The van der Waals surface area contributed by atoms with E-state index >= 15 is 0 Å². The molecule has 4 rings (SSSR count). The average Bonchev–Trinajstić information content (AvgIpc) is 3.14. The van der Waals surface area contributed by atoms with Crippen molar-refractivity contribution in [2.24, 2.45) is 0 Å². The van der Waals surface area contributed by atoms with Crippen LogP contribution in [0.25, 0.3) is 5.65 Å². The third-order valence-electron chi connectivity index (χ3n) is 4.11. The van der Waals surface area contributed by atoms with Gasteiger partial charge in [0.2, 0.25) is 0 Å². The lowest BCUT2D eigenvalue weighted by Gasteiger charge is -2.35. The Morgan fingerprint density at radius 1 is 1.09 bits per heavy atom. The minimum absolute atomic E-state index is 0.791. The molecule has 0 spiro atoms. The maximum atomic E-state index is 6.00. The second-order valence-electron chi connectivity index (χ2n) is 5.68. The molecule has 3 aromatic heterocycles. The molecule has 1 fully saturated rings. The van der Waals surface area contributed by atoms with Gasteiger partial charge in [0.1, 0.15) is 5.82 Å². The second-order valence-corrected chi connectivity index (χ2v) is 7.48. The van der Waals surface area contributed by atoms with Gasteiger partial charge in [-0.05, 0) is 31.2 Å². The lowest BCUT2D eigenvalue weighted by Crippen LogP contribution is -2.46. The Labute approximate surface area is 143 Å². The Bertz CT molecular complexity index is 820. The monoisotopic (exact) mass is 348 g/mol. The van der Waals surface area contributed by atoms with Crippen molar-refractivity contribution >= 4 is 34.4 Å². The Morgan fingerprint density at radius 2 is 1.91 bits per heavy atom. The van der Waals surface area contributed by atoms with Crippen LogP contribution >= 0.6 is 22.9 Å². The van der Waals surface area contributed by atoms with Gasteiger partial charge in [0.05, 0.1) is 4.34 Å². The third kappa shape index (κ3) is 3.04. The Hall–Kier alpha value is -1.70. The van der Waals surface area contributed by atoms with Gasteiger partial charge in [0.25, 0.3) is 0 Å². The summed E-state index contributed by atoms with van der Waals surface area (Å²) in [5.41, 5.74) is 0.791. The van der Waals surface area contributed by atoms with E-state index in [4.69, 9.17) is 11.6 Å². The van der Waals surface area contributed by atoms with Gasteiger partial charge in [-0.2, -0.15) is 4.52 Å². The molecule has 3 aromatic rings. The van der Waals surface area contributed by atoms with E-state index in [0.29, 0.717) is 0 Å². The molecule has 1 saturated heterocycles. The molecule has 23 heavy (non-hydrogen) atoms. The second kappa shape index (κ2) is 6.07. The molecule has 1 aliphatic heterocycles. The summed E-state index contributed by atoms with van der Waals surface area (Å²) in [5.74, 6) is 1.80. The van der Waals surface area contributed by atoms with Crippen molar-refractivity contribution in [3.63, 3.8) is 0 Å². The van der Waals surface area contributed by atoms with Crippen LogP contribution in [0.2, 0.25) is 4.34 Å². The van der Waals surface area contributed by atoms with Gasteiger partial charge in [-0.1, -0.05) is 11.6 Å². The first-order valence-corrected chi connectivity index (χ1v) is 8.79. The number of hydrogen-bond donors (Lipinski definition) is 0. The maximum Gasteiger partial charge on any atom is 0.178 e. The number of aryl methyl sites for hydroxylation is 1. The molecular weight excluding hydrogens is 332 g/mol. The predicted octanol–water partition coefficient (Wildman–Crippen LogP) is 2.47. The van der Waals surface area contributed by atoms with Crippen molar-refractivity contribution in [1.29, 1.82) is 0 Å². The molecule has 0 saturated carbocycles. The number of fused-ring (bicyclic) bond motifs is 1. The van der Waals surface area contributed by atoms with Crippen LogP contribution < -0.4 is 4.90 Å². The zero-order chi connectivity index (χ0) is 15.8. The minimum atomic E-state index is 0.791. The van der Waals surface area contributed by atoms with Crippen LogP contribution in [0.4, 0.5) is 5.82 Å². The van der Waals surface area contributed by atoms with Crippen molar-refractivity contribution in [3.8, 4) is 0 Å². The van der Waals surface area contributed by atoms with Crippen LogP contribution in [0, 0.1) is 6.92 Å². The standard InChI is InChI=1S/C15H17ClN6S/c1-11-17-18-14-4-5-15(19-22(11)14)21-8-6-20(7-9-21)10-12-2-3-13(16)23-12/h2-5H,6-10H2,1H3. The molecule has 4 heterocycles. The number of piperazine rings is 1. The van der Waals surface area contributed by atoms with Gasteiger partial charge in [0.15, 0.2) is 11.5 Å². The molecule has 0 radical (unpaired) electrons. The summed E-state index contributed by atoms with van der Waals surface area (Å²) in [5, 5.41) is 12.8. The van der Waals surface area contributed by atoms with E-state index in [2.05, 4.69) is 31.2 Å². The molecular formula is C15H17ClN6S. The summed E-state index contributed by atoms with van der Waals surface area (Å²) in [6.45, 7) is 6.88. The van der Waals surface area contributed by atoms with Crippen LogP contribution in [-0.4, -0.2) is 50.9 Å². The zero-order valence-corrected chi connectivity index (χ0v) is 14.4. The van der Waals surface area contributed by atoms with Gasteiger partial charge in [0, 0.05) is 37.6 Å². The SMILES string of the molecule is Cc1nnc2ccc(N3CCN(Cc4ccc(Cl)s4)CC3)nn12. The minimum Gasteiger partial charge on any atom is -0.353 e. The van der Waals surface area contributed by atoms with Crippen molar-refractivity contribution in [3.05, 3.63) is 39.3 Å². The van der Waals surface area contributed by atoms with E-state index in [-0.39, 0.29) is 0 Å². The molecule has 120 valence electrons. The van der Waals surface area contributed by atoms with Crippen LogP contribution in [0.3, 0.4) is 0 Å². The number of halogens is 1. The van der Waals surface area contributed by atoms with E-state index in [9.17, 15) is 0 Å². The largest absolute Gasteiger partial charge is 0.353 e. The summed E-state index contributed by atoms with van der Waals surface area (Å²) in [6, 6.07) is 8.09. The van der Waals surface area contributed by atoms with E-state index in [0.717, 1.165) is 54.3 Å². The summed E-state index contributed by atoms with van der Waals surface area (Å²) in [7, 11) is 0. The smallest absolute Gasteiger partial charge is 0.178 e. The van der Waals surface area contributed by atoms with E-state index < -0.39 is 0 Å². The molecule has 0 unspecified atom stereocenters. The van der Waals surface area contributed by atoms with Gasteiger partial charge in [-0.15, -0.1) is 26.6 Å². The highest BCUT2D eigenvalue weighted by molar-refractivity contribution is 7.16. The maximum absolute atomic E-state index is 6.00. The lowest BCUT2D eigenvalue weighted by molar-refractivity contribution is 0.251. The third-order valence-corrected chi connectivity index (χ3v) is 5.33. The predicted molar refractivity (Wildman–Crippen MR) is 92.3 cm³/mol. The molecule has 6 nitrogen and oxygen atoms in total. The van der Waals surface area contributed by atoms with E-state index in [1.165, 1.54) is 4.88 Å². The number of nitrogens with zero attached hydrogens (tertiary/aromatic N) is 6. The van der Waals surface area contributed by atoms with Gasteiger partial charge < -0.3 is 4.90 Å². The summed E-state index contributed by atoms with van der Waals surface area (Å²) in [6.07, 6.45) is 0. The average molecular weight is 349 g/mol. The molecule has 0 atom stereocenters. The lowest BCUT2D eigenvalue weighted by atomic mass is 10.3. The van der Waals surface area contributed by atoms with Crippen LogP contribution in [0.15, 0.2) is 24.3 Å². The van der Waals surface area contributed by atoms with Crippen LogP contribution in [-0.2, 0) is 6.54 Å². The van der Waals surface area contributed by atoms with Gasteiger partial charge >= 0.3 is 0 Å². The molecule has 0 aliphatic carbocycles. The highest BCUT2D eigenvalue weighted by Crippen LogP contribution is 2.23. The number of aromatic nitrogens is 4. The summed E-state index contributed by atoms with van der Waals surface area (Å²) in [4.78, 5) is 6.10. The van der Waals surface area contributed by atoms with Gasteiger partial charge in [-0.25, -0.2) is 0 Å². The molecule has 0 aromatic carbocycles. The molecule has 8 heteroatoms. The summed E-state index contributed by atoms with van der Waals surface area (Å²) < 4.78 is 2.66. The van der Waals surface area contributed by atoms with Crippen molar-refractivity contribution in [2.45, 2.75) is 13.5 Å². The summed E-state index contributed by atoms with van der Waals surface area (Å²) >= 11 is 7.67. The molecule has 0 bridgehead atoms. The van der Waals surface area contributed by atoms with E-state index in [1.807, 2.05) is 25.1 Å². The quantitative estimate of drug-likeness (QED) is 0.727. The number of thiophene rings is 1. The van der Waals surface area contributed by atoms with E-state index in [1.54, 1.807) is 15.9 Å². The Kier molecular flexibility index (Phi) is 3.92. The fourth-order valence-electron chi connectivity index (χ4n) is 2.85. The normalized spacial score (nSPS) is 16.3. The van der Waals surface area contributed by atoms with Crippen molar-refractivity contribution in [2.75, 3.05) is 31.1 Å². The van der Waals surface area contributed by atoms with Crippen molar-refractivity contribution < 1.29 is 0 Å². The number of hydrogen-bond acceptors (Lipinski definition) is 6. The molecule has 0 amide bonds. The number of rotatable bonds is 3. The fourth-order valence-corrected chi connectivity index (χ4v) is 3.98. The van der Waals surface area contributed by atoms with Crippen LogP contribution in [0.5, 0.6) is 0 Å². The number of anilines is 1. The molecule has 0 N–H and O–H groups in total. The first-order valence-electron chi connectivity index (χ1n) is 7.59. The Morgan fingerprint density at radius 3 is 2.65 bits per heavy atom. The van der Waals surface area contributed by atoms with Crippen molar-refractivity contribution in [1.82, 2.24) is 24.7 Å². The first kappa shape index (κ1) is 14.9. The topological polar surface area (TPSA) is 49.6 Å².